The topological polar surface area (TPSA) is 80.5 Å². The summed E-state index contributed by atoms with van der Waals surface area (Å²) in [5, 5.41) is 8.93. The highest BCUT2D eigenvalue weighted by Gasteiger charge is 2.14. The molecule has 2 N–H and O–H groups in total. The number of rotatable bonds is 2. The van der Waals surface area contributed by atoms with Crippen LogP contribution < -0.4 is 5.73 Å². The number of anilines is 1. The maximum atomic E-state index is 8.93. The average Bonchev–Trinajstić information content (AvgIpc) is 2.78. The van der Waals surface area contributed by atoms with E-state index in [1.54, 1.807) is 18.3 Å². The zero-order chi connectivity index (χ0) is 13.2. The third-order valence-electron chi connectivity index (χ3n) is 2.90. The van der Waals surface area contributed by atoms with Crippen LogP contribution in [0.2, 0.25) is 0 Å². The van der Waals surface area contributed by atoms with Gasteiger partial charge < -0.3 is 5.73 Å². The molecule has 2 heterocycles. The third kappa shape index (κ3) is 1.79. The molecule has 92 valence electrons. The Labute approximate surface area is 109 Å². The zero-order valence-corrected chi connectivity index (χ0v) is 10.1. The van der Waals surface area contributed by atoms with E-state index in [0.29, 0.717) is 17.3 Å². The van der Waals surface area contributed by atoms with Crippen LogP contribution in [0.25, 0.3) is 16.9 Å². The maximum Gasteiger partial charge on any atom is 0.161 e. The summed E-state index contributed by atoms with van der Waals surface area (Å²) in [6.07, 6.45) is 1.89. The molecule has 0 aliphatic rings. The van der Waals surface area contributed by atoms with Crippen LogP contribution in [0.4, 0.5) is 5.69 Å². The molecular formula is C14H11N5. The summed E-state index contributed by atoms with van der Waals surface area (Å²) in [5.74, 6) is 1.26. The fourth-order valence-corrected chi connectivity index (χ4v) is 2.10. The Balaban J connectivity index is 2.35. The lowest BCUT2D eigenvalue weighted by atomic mass is 10.3. The normalized spacial score (nSPS) is 10.5. The SMILES string of the molecule is N#CCc1nc2ccccc2n1-c1ncccc1N. The Kier molecular flexibility index (Phi) is 2.62. The van der Waals surface area contributed by atoms with E-state index in [0.717, 1.165) is 11.0 Å². The van der Waals surface area contributed by atoms with E-state index in [1.807, 2.05) is 28.8 Å². The Morgan fingerprint density at radius 3 is 2.84 bits per heavy atom. The molecule has 2 aromatic heterocycles. The number of aromatic nitrogens is 3. The molecule has 0 fully saturated rings. The predicted molar refractivity (Wildman–Crippen MR) is 72.6 cm³/mol. The lowest BCUT2D eigenvalue weighted by Crippen LogP contribution is -2.06. The first-order valence-electron chi connectivity index (χ1n) is 5.85. The minimum absolute atomic E-state index is 0.213. The van der Waals surface area contributed by atoms with Gasteiger partial charge in [-0.3, -0.25) is 4.57 Å². The van der Waals surface area contributed by atoms with Crippen molar-refractivity contribution in [1.82, 2.24) is 14.5 Å². The molecular weight excluding hydrogens is 238 g/mol. The van der Waals surface area contributed by atoms with Crippen LogP contribution in [-0.2, 0) is 6.42 Å². The first-order valence-corrected chi connectivity index (χ1v) is 5.85. The van der Waals surface area contributed by atoms with Crippen molar-refractivity contribution in [1.29, 1.82) is 5.26 Å². The minimum atomic E-state index is 0.213. The molecule has 0 saturated carbocycles. The highest BCUT2D eigenvalue weighted by atomic mass is 15.1. The van der Waals surface area contributed by atoms with Crippen LogP contribution in [0, 0.1) is 11.3 Å². The van der Waals surface area contributed by atoms with Gasteiger partial charge >= 0.3 is 0 Å². The molecule has 0 unspecified atom stereocenters. The summed E-state index contributed by atoms with van der Waals surface area (Å²) >= 11 is 0. The van der Waals surface area contributed by atoms with Crippen molar-refractivity contribution in [3.8, 4) is 11.9 Å². The second kappa shape index (κ2) is 4.42. The minimum Gasteiger partial charge on any atom is -0.396 e. The molecule has 0 aliphatic heterocycles. The van der Waals surface area contributed by atoms with E-state index < -0.39 is 0 Å². The molecule has 0 spiro atoms. The second-order valence-corrected chi connectivity index (χ2v) is 4.10. The van der Waals surface area contributed by atoms with Gasteiger partial charge in [-0.05, 0) is 24.3 Å². The number of nitrogens with zero attached hydrogens (tertiary/aromatic N) is 4. The zero-order valence-electron chi connectivity index (χ0n) is 10.1. The fraction of sp³-hybridized carbons (Fsp3) is 0.0714. The van der Waals surface area contributed by atoms with Gasteiger partial charge in [0.1, 0.15) is 5.82 Å². The van der Waals surface area contributed by atoms with Gasteiger partial charge in [0.15, 0.2) is 5.82 Å². The van der Waals surface area contributed by atoms with Crippen molar-refractivity contribution in [3.05, 3.63) is 48.4 Å². The quantitative estimate of drug-likeness (QED) is 0.753. The number of nitrogens with two attached hydrogens (primary N) is 1. The van der Waals surface area contributed by atoms with Crippen molar-refractivity contribution in [2.24, 2.45) is 0 Å². The van der Waals surface area contributed by atoms with Crippen LogP contribution in [0.1, 0.15) is 5.82 Å². The second-order valence-electron chi connectivity index (χ2n) is 4.10. The van der Waals surface area contributed by atoms with Gasteiger partial charge in [0.2, 0.25) is 0 Å². The van der Waals surface area contributed by atoms with E-state index in [1.165, 1.54) is 0 Å². The molecule has 1 aromatic carbocycles. The van der Waals surface area contributed by atoms with Crippen LogP contribution in [0.3, 0.4) is 0 Å². The van der Waals surface area contributed by atoms with Crippen molar-refractivity contribution >= 4 is 16.7 Å². The Bertz CT molecular complexity index is 782. The van der Waals surface area contributed by atoms with Crippen molar-refractivity contribution in [2.75, 3.05) is 5.73 Å². The molecule has 5 nitrogen and oxygen atoms in total. The lowest BCUT2D eigenvalue weighted by molar-refractivity contribution is 0.924. The molecule has 0 atom stereocenters. The smallest absolute Gasteiger partial charge is 0.161 e. The number of imidazole rings is 1. The molecule has 0 radical (unpaired) electrons. The lowest BCUT2D eigenvalue weighted by Gasteiger charge is -2.08. The predicted octanol–water partition coefficient (Wildman–Crippen LogP) is 2.07. The van der Waals surface area contributed by atoms with Crippen LogP contribution in [-0.4, -0.2) is 14.5 Å². The third-order valence-corrected chi connectivity index (χ3v) is 2.90. The van der Waals surface area contributed by atoms with E-state index in [2.05, 4.69) is 16.0 Å². The van der Waals surface area contributed by atoms with Gasteiger partial charge in [0, 0.05) is 6.20 Å². The number of benzene rings is 1. The first-order chi connectivity index (χ1) is 9.31. The number of hydrogen-bond donors (Lipinski definition) is 1. The van der Waals surface area contributed by atoms with Crippen LogP contribution in [0.15, 0.2) is 42.6 Å². The summed E-state index contributed by atoms with van der Waals surface area (Å²) in [5.41, 5.74) is 8.27. The van der Waals surface area contributed by atoms with E-state index in [-0.39, 0.29) is 6.42 Å². The van der Waals surface area contributed by atoms with Gasteiger partial charge in [0.25, 0.3) is 0 Å². The number of fused-ring (bicyclic) bond motifs is 1. The standard InChI is InChI=1S/C14H11N5/c15-8-7-13-18-11-5-1-2-6-12(11)19(13)14-10(16)4-3-9-17-14/h1-6,9H,7,16H2. The maximum absolute atomic E-state index is 8.93. The summed E-state index contributed by atoms with van der Waals surface area (Å²) in [6.45, 7) is 0. The van der Waals surface area contributed by atoms with Crippen molar-refractivity contribution in [3.63, 3.8) is 0 Å². The van der Waals surface area contributed by atoms with Gasteiger partial charge in [-0.15, -0.1) is 0 Å². The monoisotopic (exact) mass is 249 g/mol. The Hall–Kier alpha value is -2.87. The van der Waals surface area contributed by atoms with Crippen molar-refractivity contribution in [2.45, 2.75) is 6.42 Å². The molecule has 19 heavy (non-hydrogen) atoms. The van der Waals surface area contributed by atoms with Gasteiger partial charge in [-0.25, -0.2) is 9.97 Å². The largest absolute Gasteiger partial charge is 0.396 e. The molecule has 0 aliphatic carbocycles. The van der Waals surface area contributed by atoms with E-state index in [9.17, 15) is 0 Å². The fourth-order valence-electron chi connectivity index (χ4n) is 2.10. The van der Waals surface area contributed by atoms with Crippen LogP contribution >= 0.6 is 0 Å². The first kappa shape index (κ1) is 11.2. The number of nitriles is 1. The number of hydrogen-bond acceptors (Lipinski definition) is 4. The number of nitrogen functional groups attached to an aromatic ring is 1. The van der Waals surface area contributed by atoms with Gasteiger partial charge in [0.05, 0.1) is 29.2 Å². The van der Waals surface area contributed by atoms with Gasteiger partial charge in [-0.1, -0.05) is 12.1 Å². The molecule has 3 rings (SSSR count). The summed E-state index contributed by atoms with van der Waals surface area (Å²) < 4.78 is 1.84. The van der Waals surface area contributed by atoms with Crippen molar-refractivity contribution < 1.29 is 0 Å². The van der Waals surface area contributed by atoms with Crippen LogP contribution in [0.5, 0.6) is 0 Å². The van der Waals surface area contributed by atoms with E-state index >= 15 is 0 Å². The highest BCUT2D eigenvalue weighted by Crippen LogP contribution is 2.23. The Morgan fingerprint density at radius 2 is 2.05 bits per heavy atom. The number of para-hydroxylation sites is 2. The molecule has 5 heteroatoms. The van der Waals surface area contributed by atoms with E-state index in [4.69, 9.17) is 11.0 Å². The highest BCUT2D eigenvalue weighted by molar-refractivity contribution is 5.79. The molecule has 0 bridgehead atoms. The summed E-state index contributed by atoms with van der Waals surface area (Å²) in [7, 11) is 0. The number of pyridine rings is 1. The molecule has 0 saturated heterocycles. The van der Waals surface area contributed by atoms with Gasteiger partial charge in [-0.2, -0.15) is 5.26 Å². The molecule has 0 amide bonds. The summed E-state index contributed by atoms with van der Waals surface area (Å²) in [4.78, 5) is 8.77. The molecule has 3 aromatic rings. The summed E-state index contributed by atoms with van der Waals surface area (Å²) in [6, 6.07) is 13.4. The Morgan fingerprint density at radius 1 is 1.21 bits per heavy atom. The average molecular weight is 249 g/mol.